The number of hydrogen-bond donors (Lipinski definition) is 1. The molecule has 0 aromatic heterocycles. The van der Waals surface area contributed by atoms with Crippen LogP contribution in [0.2, 0.25) is 0 Å². The second-order valence-electron chi connectivity index (χ2n) is 7.80. The third kappa shape index (κ3) is 4.93. The molecule has 6 nitrogen and oxygen atoms in total. The number of amides is 2. The molecule has 0 saturated carbocycles. The van der Waals surface area contributed by atoms with Crippen LogP contribution in [0.1, 0.15) is 30.9 Å². The highest BCUT2D eigenvalue weighted by molar-refractivity contribution is 5.91. The molecule has 30 heavy (non-hydrogen) atoms. The molecule has 2 aromatic rings. The summed E-state index contributed by atoms with van der Waals surface area (Å²) < 4.78 is 10.7. The molecule has 160 valence electrons. The molecule has 1 atom stereocenters. The zero-order valence-electron chi connectivity index (χ0n) is 17.9. The molecule has 0 bridgehead atoms. The summed E-state index contributed by atoms with van der Waals surface area (Å²) in [4.78, 5) is 27.7. The molecular formula is C24H30N2O4. The summed E-state index contributed by atoms with van der Waals surface area (Å²) in [6.45, 7) is 5.01. The van der Waals surface area contributed by atoms with E-state index < -0.39 is 5.41 Å². The van der Waals surface area contributed by atoms with Crippen molar-refractivity contribution in [1.82, 2.24) is 4.90 Å². The van der Waals surface area contributed by atoms with Crippen LogP contribution >= 0.6 is 0 Å². The van der Waals surface area contributed by atoms with Crippen molar-refractivity contribution in [3.63, 3.8) is 0 Å². The van der Waals surface area contributed by atoms with Gasteiger partial charge in [-0.2, -0.15) is 0 Å². The molecule has 1 saturated heterocycles. The Bertz CT molecular complexity index is 884. The lowest BCUT2D eigenvalue weighted by molar-refractivity contribution is -0.158. The van der Waals surface area contributed by atoms with Gasteiger partial charge in [0.05, 0.1) is 19.1 Å². The number of rotatable bonds is 6. The van der Waals surface area contributed by atoms with E-state index in [0.29, 0.717) is 32.5 Å². The van der Waals surface area contributed by atoms with Gasteiger partial charge in [0.15, 0.2) is 0 Å². The van der Waals surface area contributed by atoms with E-state index in [2.05, 4.69) is 5.32 Å². The molecule has 1 fully saturated rings. The number of anilines is 1. The Morgan fingerprint density at radius 3 is 2.60 bits per heavy atom. The van der Waals surface area contributed by atoms with Crippen molar-refractivity contribution < 1.29 is 19.1 Å². The molecule has 6 heteroatoms. The number of aryl methyl sites for hydroxylation is 1. The van der Waals surface area contributed by atoms with Crippen molar-refractivity contribution in [1.29, 1.82) is 0 Å². The minimum atomic E-state index is -0.734. The van der Waals surface area contributed by atoms with Crippen molar-refractivity contribution in [3.05, 3.63) is 59.7 Å². The smallest absolute Gasteiger partial charge is 0.321 e. The quantitative estimate of drug-likeness (QED) is 0.716. The van der Waals surface area contributed by atoms with Gasteiger partial charge in [-0.3, -0.25) is 4.79 Å². The topological polar surface area (TPSA) is 67.9 Å². The van der Waals surface area contributed by atoms with E-state index in [-0.39, 0.29) is 12.0 Å². The highest BCUT2D eigenvalue weighted by atomic mass is 16.5. The lowest BCUT2D eigenvalue weighted by Crippen LogP contribution is -2.52. The molecule has 1 aliphatic heterocycles. The minimum Gasteiger partial charge on any atom is -0.497 e. The number of ether oxygens (including phenoxy) is 2. The summed E-state index contributed by atoms with van der Waals surface area (Å²) in [5.74, 6) is 0.514. The molecule has 1 N–H and O–H groups in total. The molecule has 1 aliphatic rings. The molecule has 0 radical (unpaired) electrons. The summed E-state index contributed by atoms with van der Waals surface area (Å²) in [5.41, 5.74) is 1.98. The van der Waals surface area contributed by atoms with Gasteiger partial charge in [0.2, 0.25) is 0 Å². The second kappa shape index (κ2) is 9.65. The second-order valence-corrected chi connectivity index (χ2v) is 7.80. The lowest BCUT2D eigenvalue weighted by Gasteiger charge is -2.41. The third-order valence-corrected chi connectivity index (χ3v) is 5.63. The number of benzene rings is 2. The first kappa shape index (κ1) is 21.7. The normalized spacial score (nSPS) is 18.6. The van der Waals surface area contributed by atoms with E-state index in [1.807, 2.05) is 62.4 Å². The maximum Gasteiger partial charge on any atom is 0.321 e. The van der Waals surface area contributed by atoms with Crippen molar-refractivity contribution >= 4 is 17.7 Å². The van der Waals surface area contributed by atoms with Crippen LogP contribution in [0.5, 0.6) is 5.75 Å². The van der Waals surface area contributed by atoms with E-state index in [9.17, 15) is 9.59 Å². The zero-order valence-corrected chi connectivity index (χ0v) is 17.9. The predicted octanol–water partition coefficient (Wildman–Crippen LogP) is 4.42. The fourth-order valence-corrected chi connectivity index (χ4v) is 4.06. The van der Waals surface area contributed by atoms with Crippen LogP contribution in [0, 0.1) is 12.3 Å². The van der Waals surface area contributed by atoms with Crippen LogP contribution in [0.15, 0.2) is 48.5 Å². The Morgan fingerprint density at radius 1 is 1.17 bits per heavy atom. The van der Waals surface area contributed by atoms with E-state index in [4.69, 9.17) is 9.47 Å². The maximum atomic E-state index is 13.0. The molecule has 1 unspecified atom stereocenters. The van der Waals surface area contributed by atoms with Crippen LogP contribution in [0.4, 0.5) is 10.5 Å². The number of nitrogens with one attached hydrogen (secondary N) is 1. The van der Waals surface area contributed by atoms with Crippen LogP contribution in [0.3, 0.4) is 0 Å². The van der Waals surface area contributed by atoms with Crippen LogP contribution in [-0.4, -0.2) is 43.7 Å². The molecule has 2 aromatic carbocycles. The number of likely N-dealkylation sites (tertiary alicyclic amines) is 1. The average molecular weight is 411 g/mol. The van der Waals surface area contributed by atoms with Crippen LogP contribution < -0.4 is 10.1 Å². The Balaban J connectivity index is 1.79. The van der Waals surface area contributed by atoms with Crippen molar-refractivity contribution in [2.24, 2.45) is 5.41 Å². The van der Waals surface area contributed by atoms with E-state index in [1.54, 1.807) is 12.0 Å². The van der Waals surface area contributed by atoms with Gasteiger partial charge in [-0.15, -0.1) is 0 Å². The van der Waals surface area contributed by atoms with E-state index >= 15 is 0 Å². The van der Waals surface area contributed by atoms with E-state index in [0.717, 1.165) is 29.0 Å². The predicted molar refractivity (Wildman–Crippen MR) is 117 cm³/mol. The van der Waals surface area contributed by atoms with E-state index in [1.165, 1.54) is 0 Å². The molecule has 1 heterocycles. The first-order chi connectivity index (χ1) is 14.5. The van der Waals surface area contributed by atoms with Gasteiger partial charge in [-0.1, -0.05) is 30.3 Å². The number of hydrogen-bond acceptors (Lipinski definition) is 4. The van der Waals surface area contributed by atoms with Gasteiger partial charge < -0.3 is 19.7 Å². The van der Waals surface area contributed by atoms with Crippen molar-refractivity contribution in [2.75, 3.05) is 32.1 Å². The fourth-order valence-electron chi connectivity index (χ4n) is 4.06. The number of esters is 1. The Labute approximate surface area is 178 Å². The standard InChI is InChI=1S/C24H30N2O4/c1-4-30-22(27)24(16-19-9-6-5-7-10-19)13-8-14-26(17-24)23(28)25-21-12-11-20(29-3)15-18(21)2/h5-7,9-12,15H,4,8,13-14,16-17H2,1-3H3,(H,25,28). The lowest BCUT2D eigenvalue weighted by atomic mass is 9.75. The first-order valence-electron chi connectivity index (χ1n) is 10.4. The summed E-state index contributed by atoms with van der Waals surface area (Å²) in [5, 5.41) is 2.98. The molecule has 2 amide bonds. The van der Waals surface area contributed by atoms with Crippen molar-refractivity contribution in [3.8, 4) is 5.75 Å². The molecule has 0 spiro atoms. The van der Waals surface area contributed by atoms with Gasteiger partial charge in [-0.05, 0) is 62.4 Å². The minimum absolute atomic E-state index is 0.204. The summed E-state index contributed by atoms with van der Waals surface area (Å²) >= 11 is 0. The van der Waals surface area contributed by atoms with Crippen molar-refractivity contribution in [2.45, 2.75) is 33.1 Å². The Kier molecular flexibility index (Phi) is 6.98. The van der Waals surface area contributed by atoms with Crippen LogP contribution in [-0.2, 0) is 16.0 Å². The number of methoxy groups -OCH3 is 1. The number of piperidine rings is 1. The van der Waals surface area contributed by atoms with Gasteiger partial charge in [0.25, 0.3) is 0 Å². The Hall–Kier alpha value is -3.02. The summed E-state index contributed by atoms with van der Waals surface area (Å²) in [6.07, 6.45) is 2.00. The van der Waals surface area contributed by atoms with Gasteiger partial charge in [-0.25, -0.2) is 4.79 Å². The number of urea groups is 1. The zero-order chi connectivity index (χ0) is 21.6. The fraction of sp³-hybridized carbons (Fsp3) is 0.417. The summed E-state index contributed by atoms with van der Waals surface area (Å²) in [7, 11) is 1.61. The SMILES string of the molecule is CCOC(=O)C1(Cc2ccccc2)CCCN(C(=O)Nc2ccc(OC)cc2C)C1. The highest BCUT2D eigenvalue weighted by Crippen LogP contribution is 2.36. The highest BCUT2D eigenvalue weighted by Gasteiger charge is 2.44. The monoisotopic (exact) mass is 410 g/mol. The largest absolute Gasteiger partial charge is 0.497 e. The number of carbonyl (C=O) groups is 2. The number of carbonyl (C=O) groups excluding carboxylic acids is 2. The first-order valence-corrected chi connectivity index (χ1v) is 10.4. The van der Waals surface area contributed by atoms with Gasteiger partial charge >= 0.3 is 12.0 Å². The average Bonchev–Trinajstić information content (AvgIpc) is 2.76. The van der Waals surface area contributed by atoms with Crippen LogP contribution in [0.25, 0.3) is 0 Å². The molecular weight excluding hydrogens is 380 g/mol. The number of nitrogens with zero attached hydrogens (tertiary/aromatic N) is 1. The summed E-state index contributed by atoms with van der Waals surface area (Å²) in [6, 6.07) is 15.2. The Morgan fingerprint density at radius 2 is 1.93 bits per heavy atom. The maximum absolute atomic E-state index is 13.0. The van der Waals surface area contributed by atoms with Gasteiger partial charge in [0, 0.05) is 18.8 Å². The van der Waals surface area contributed by atoms with Gasteiger partial charge in [0.1, 0.15) is 5.75 Å². The molecule has 0 aliphatic carbocycles. The third-order valence-electron chi connectivity index (χ3n) is 5.63. The molecule has 3 rings (SSSR count).